The molecule has 2 N–H and O–H groups in total. The first-order valence-corrected chi connectivity index (χ1v) is 3.71. The zero-order chi connectivity index (χ0) is 9.90. The van der Waals surface area contributed by atoms with E-state index in [0.29, 0.717) is 5.56 Å². The van der Waals surface area contributed by atoms with Crippen molar-refractivity contribution >= 4 is 12.4 Å². The Bertz CT molecular complexity index is 263. The van der Waals surface area contributed by atoms with Gasteiger partial charge < -0.3 is 5.73 Å². The van der Waals surface area contributed by atoms with Crippen molar-refractivity contribution < 1.29 is 13.2 Å². The van der Waals surface area contributed by atoms with E-state index < -0.39 is 18.6 Å². The molecule has 0 aliphatic rings. The lowest BCUT2D eigenvalue weighted by Crippen LogP contribution is -2.20. The Morgan fingerprint density at radius 1 is 1.43 bits per heavy atom. The molecule has 80 valence electrons. The van der Waals surface area contributed by atoms with E-state index in [4.69, 9.17) is 5.73 Å². The van der Waals surface area contributed by atoms with Gasteiger partial charge in [-0.25, -0.2) is 0 Å². The van der Waals surface area contributed by atoms with Crippen molar-refractivity contribution in [2.45, 2.75) is 18.6 Å². The minimum absolute atomic E-state index is 0. The third kappa shape index (κ3) is 4.43. The number of hydrogen-bond acceptors (Lipinski definition) is 2. The number of pyridine rings is 1. The molecule has 0 aliphatic carbocycles. The fourth-order valence-corrected chi connectivity index (χ4v) is 0.963. The van der Waals surface area contributed by atoms with Crippen molar-refractivity contribution in [2.75, 3.05) is 0 Å². The highest BCUT2D eigenvalue weighted by molar-refractivity contribution is 5.85. The van der Waals surface area contributed by atoms with Crippen LogP contribution in [-0.2, 0) is 0 Å². The fraction of sp³-hybridized carbons (Fsp3) is 0.375. The van der Waals surface area contributed by atoms with Gasteiger partial charge in [-0.2, -0.15) is 13.2 Å². The summed E-state index contributed by atoms with van der Waals surface area (Å²) in [6, 6.07) is 2.07. The summed E-state index contributed by atoms with van der Waals surface area (Å²) in [6.45, 7) is 0. The number of rotatable bonds is 2. The van der Waals surface area contributed by atoms with Crippen LogP contribution in [0, 0.1) is 0 Å². The molecule has 0 radical (unpaired) electrons. The SMILES string of the molecule is Cl.N[C@@H](CC(F)(F)F)c1cccnc1. The van der Waals surface area contributed by atoms with Gasteiger partial charge in [0, 0.05) is 18.4 Å². The topological polar surface area (TPSA) is 38.9 Å². The van der Waals surface area contributed by atoms with Gasteiger partial charge in [0.2, 0.25) is 0 Å². The molecule has 6 heteroatoms. The summed E-state index contributed by atoms with van der Waals surface area (Å²) in [5.41, 5.74) is 5.72. The highest BCUT2D eigenvalue weighted by Crippen LogP contribution is 2.27. The summed E-state index contributed by atoms with van der Waals surface area (Å²) < 4.78 is 35.7. The molecule has 0 saturated carbocycles. The van der Waals surface area contributed by atoms with Crippen molar-refractivity contribution in [2.24, 2.45) is 5.73 Å². The predicted octanol–water partition coefficient (Wildman–Crippen LogP) is 2.46. The van der Waals surface area contributed by atoms with Crippen LogP contribution in [-0.4, -0.2) is 11.2 Å². The van der Waals surface area contributed by atoms with Crippen LogP contribution in [0.15, 0.2) is 24.5 Å². The van der Waals surface area contributed by atoms with Gasteiger partial charge in [0.25, 0.3) is 0 Å². The molecule has 1 aromatic heterocycles. The van der Waals surface area contributed by atoms with Crippen molar-refractivity contribution in [3.63, 3.8) is 0 Å². The van der Waals surface area contributed by atoms with Gasteiger partial charge in [-0.1, -0.05) is 6.07 Å². The van der Waals surface area contributed by atoms with Crippen LogP contribution in [0.25, 0.3) is 0 Å². The molecule has 0 unspecified atom stereocenters. The number of nitrogens with zero attached hydrogens (tertiary/aromatic N) is 1. The first-order valence-electron chi connectivity index (χ1n) is 3.71. The Labute approximate surface area is 85.7 Å². The maximum atomic E-state index is 11.9. The second-order valence-electron chi connectivity index (χ2n) is 2.71. The Balaban J connectivity index is 0.00000169. The minimum atomic E-state index is -4.23. The molecule has 0 saturated heterocycles. The van der Waals surface area contributed by atoms with Crippen LogP contribution in [0.4, 0.5) is 13.2 Å². The maximum Gasteiger partial charge on any atom is 0.390 e. The summed E-state index contributed by atoms with van der Waals surface area (Å²) in [7, 11) is 0. The summed E-state index contributed by atoms with van der Waals surface area (Å²) >= 11 is 0. The van der Waals surface area contributed by atoms with E-state index in [1.54, 1.807) is 6.07 Å². The van der Waals surface area contributed by atoms with E-state index in [1.165, 1.54) is 18.5 Å². The van der Waals surface area contributed by atoms with E-state index in [-0.39, 0.29) is 12.4 Å². The molecule has 0 fully saturated rings. The molecule has 0 bridgehead atoms. The Morgan fingerprint density at radius 3 is 2.50 bits per heavy atom. The summed E-state index contributed by atoms with van der Waals surface area (Å²) in [4.78, 5) is 3.69. The average molecular weight is 227 g/mol. The average Bonchev–Trinajstić information content (AvgIpc) is 2.03. The van der Waals surface area contributed by atoms with Crippen LogP contribution in [0.3, 0.4) is 0 Å². The second-order valence-corrected chi connectivity index (χ2v) is 2.71. The van der Waals surface area contributed by atoms with Gasteiger partial charge in [0.05, 0.1) is 6.42 Å². The summed E-state index contributed by atoms with van der Waals surface area (Å²) in [5.74, 6) is 0. The lowest BCUT2D eigenvalue weighted by atomic mass is 10.1. The molecule has 0 amide bonds. The summed E-state index contributed by atoms with van der Waals surface area (Å²) in [6.07, 6.45) is -2.41. The molecular formula is C8H10ClF3N2. The van der Waals surface area contributed by atoms with Crippen LogP contribution in [0.2, 0.25) is 0 Å². The zero-order valence-electron chi connectivity index (χ0n) is 7.16. The molecule has 0 aliphatic heterocycles. The second kappa shape index (κ2) is 5.17. The van der Waals surface area contributed by atoms with Gasteiger partial charge in [0.15, 0.2) is 0 Å². The van der Waals surface area contributed by atoms with Crippen molar-refractivity contribution in [3.05, 3.63) is 30.1 Å². The molecule has 1 heterocycles. The fourth-order valence-electron chi connectivity index (χ4n) is 0.963. The number of halogens is 4. The Hall–Kier alpha value is -0.810. The Morgan fingerprint density at radius 2 is 2.07 bits per heavy atom. The third-order valence-electron chi connectivity index (χ3n) is 1.56. The van der Waals surface area contributed by atoms with Crippen LogP contribution < -0.4 is 5.73 Å². The smallest absolute Gasteiger partial charge is 0.324 e. The van der Waals surface area contributed by atoms with Crippen molar-refractivity contribution in [3.8, 4) is 0 Å². The predicted molar refractivity (Wildman–Crippen MR) is 49.1 cm³/mol. The Kier molecular flexibility index (Phi) is 4.87. The van der Waals surface area contributed by atoms with E-state index in [0.717, 1.165) is 0 Å². The van der Waals surface area contributed by atoms with Gasteiger partial charge in [-0.3, -0.25) is 4.98 Å². The molecule has 0 aromatic carbocycles. The number of alkyl halides is 3. The number of aromatic nitrogens is 1. The molecule has 1 atom stereocenters. The monoisotopic (exact) mass is 226 g/mol. The molecule has 2 nitrogen and oxygen atoms in total. The van der Waals surface area contributed by atoms with Gasteiger partial charge >= 0.3 is 6.18 Å². The highest BCUT2D eigenvalue weighted by Gasteiger charge is 2.30. The first kappa shape index (κ1) is 13.2. The van der Waals surface area contributed by atoms with E-state index in [2.05, 4.69) is 4.98 Å². The summed E-state index contributed by atoms with van der Waals surface area (Å²) in [5, 5.41) is 0. The normalized spacial score (nSPS) is 13.1. The number of nitrogens with two attached hydrogens (primary N) is 1. The zero-order valence-corrected chi connectivity index (χ0v) is 7.98. The van der Waals surface area contributed by atoms with Crippen LogP contribution in [0.1, 0.15) is 18.0 Å². The van der Waals surface area contributed by atoms with Gasteiger partial charge in [0.1, 0.15) is 0 Å². The molecule has 1 rings (SSSR count). The van der Waals surface area contributed by atoms with E-state index in [9.17, 15) is 13.2 Å². The van der Waals surface area contributed by atoms with Crippen molar-refractivity contribution in [1.29, 1.82) is 0 Å². The molecule has 1 aromatic rings. The van der Waals surface area contributed by atoms with Crippen molar-refractivity contribution in [1.82, 2.24) is 4.98 Å². The molecular weight excluding hydrogens is 217 g/mol. The molecule has 0 spiro atoms. The minimum Gasteiger partial charge on any atom is -0.324 e. The highest BCUT2D eigenvalue weighted by atomic mass is 35.5. The standard InChI is InChI=1S/C8H9F3N2.ClH/c9-8(10,11)4-7(12)6-2-1-3-13-5-6;/h1-3,5,7H,4,12H2;1H/t7-;/m0./s1. The molecule has 14 heavy (non-hydrogen) atoms. The van der Waals surface area contributed by atoms with Crippen LogP contribution in [0.5, 0.6) is 0 Å². The maximum absolute atomic E-state index is 11.9. The van der Waals surface area contributed by atoms with E-state index in [1.807, 2.05) is 0 Å². The lowest BCUT2D eigenvalue weighted by Gasteiger charge is -2.13. The van der Waals surface area contributed by atoms with Gasteiger partial charge in [-0.05, 0) is 11.6 Å². The largest absolute Gasteiger partial charge is 0.390 e. The first-order chi connectivity index (χ1) is 5.99. The quantitative estimate of drug-likeness (QED) is 0.841. The lowest BCUT2D eigenvalue weighted by molar-refractivity contribution is -0.138. The van der Waals surface area contributed by atoms with Gasteiger partial charge in [-0.15, -0.1) is 12.4 Å². The van der Waals surface area contributed by atoms with Crippen LogP contribution >= 0.6 is 12.4 Å². The third-order valence-corrected chi connectivity index (χ3v) is 1.56. The number of hydrogen-bond donors (Lipinski definition) is 1. The van der Waals surface area contributed by atoms with E-state index >= 15 is 0 Å².